The maximum absolute atomic E-state index is 5.46. The molecule has 0 spiro atoms. The zero-order valence-electron chi connectivity index (χ0n) is 13.0. The van der Waals surface area contributed by atoms with Crippen molar-refractivity contribution in [2.24, 2.45) is 0 Å². The van der Waals surface area contributed by atoms with Crippen molar-refractivity contribution in [1.82, 2.24) is 5.32 Å². The van der Waals surface area contributed by atoms with Crippen LogP contribution in [0.5, 0.6) is 0 Å². The summed E-state index contributed by atoms with van der Waals surface area (Å²) < 4.78 is 0. The van der Waals surface area contributed by atoms with Gasteiger partial charge in [0.05, 0.1) is 0 Å². The summed E-state index contributed by atoms with van der Waals surface area (Å²) in [5.74, 6) is 0. The van der Waals surface area contributed by atoms with E-state index in [-0.39, 0.29) is 5.41 Å². The van der Waals surface area contributed by atoms with E-state index in [9.17, 15) is 0 Å². The van der Waals surface area contributed by atoms with Gasteiger partial charge >= 0.3 is 0 Å². The largest absolute Gasteiger partial charge is 0.375 e. The highest BCUT2D eigenvalue weighted by molar-refractivity contribution is 7.80. The van der Waals surface area contributed by atoms with Crippen molar-refractivity contribution >= 4 is 17.2 Å². The van der Waals surface area contributed by atoms with Crippen LogP contribution in [0.4, 0.5) is 0 Å². The second-order valence-electron chi connectivity index (χ2n) is 6.32. The molecule has 0 aliphatic rings. The van der Waals surface area contributed by atoms with E-state index in [0.29, 0.717) is 0 Å². The van der Waals surface area contributed by atoms with Crippen molar-refractivity contribution in [3.8, 4) is 0 Å². The molecule has 0 radical (unpaired) electrons. The van der Waals surface area contributed by atoms with Gasteiger partial charge < -0.3 is 5.32 Å². The van der Waals surface area contributed by atoms with Gasteiger partial charge in [-0.3, -0.25) is 0 Å². The first-order valence-corrected chi connectivity index (χ1v) is 7.80. The van der Waals surface area contributed by atoms with Crippen LogP contribution in [0.3, 0.4) is 0 Å². The van der Waals surface area contributed by atoms with E-state index < -0.39 is 0 Å². The molecule has 2 aromatic rings. The Labute approximate surface area is 133 Å². The van der Waals surface area contributed by atoms with Crippen LogP contribution < -0.4 is 5.32 Å². The van der Waals surface area contributed by atoms with E-state index in [1.807, 2.05) is 6.07 Å². The topological polar surface area (TPSA) is 12.0 Å². The van der Waals surface area contributed by atoms with Gasteiger partial charge in [0, 0.05) is 12.1 Å². The molecule has 0 heterocycles. The fourth-order valence-electron chi connectivity index (χ4n) is 2.19. The van der Waals surface area contributed by atoms with Crippen molar-refractivity contribution < 1.29 is 0 Å². The van der Waals surface area contributed by atoms with Crippen LogP contribution in [0.1, 0.15) is 37.5 Å². The molecular weight excluding hydrogens is 274 g/mol. The molecule has 1 N–H and O–H groups in total. The van der Waals surface area contributed by atoms with Gasteiger partial charge in [0.25, 0.3) is 0 Å². The standard InChI is InChI=1S/C19H23NS/c1-19(2,3)17-11-9-16(10-12-17)18(21)20-14-13-15-7-5-4-6-8-15/h4-12H,13-14H2,1-3H3,(H,20,21). The van der Waals surface area contributed by atoms with E-state index >= 15 is 0 Å². The highest BCUT2D eigenvalue weighted by atomic mass is 32.1. The Morgan fingerprint density at radius 1 is 0.952 bits per heavy atom. The van der Waals surface area contributed by atoms with Gasteiger partial charge in [-0.15, -0.1) is 0 Å². The number of rotatable bonds is 4. The van der Waals surface area contributed by atoms with Crippen molar-refractivity contribution in [3.05, 3.63) is 71.3 Å². The molecule has 0 saturated heterocycles. The lowest BCUT2D eigenvalue weighted by Crippen LogP contribution is -2.24. The molecule has 2 aromatic carbocycles. The van der Waals surface area contributed by atoms with Crippen LogP contribution in [0.15, 0.2) is 54.6 Å². The zero-order chi connectivity index (χ0) is 15.3. The summed E-state index contributed by atoms with van der Waals surface area (Å²) in [6, 6.07) is 19.0. The third-order valence-electron chi connectivity index (χ3n) is 3.56. The highest BCUT2D eigenvalue weighted by Gasteiger charge is 2.13. The Balaban J connectivity index is 1.89. The lowest BCUT2D eigenvalue weighted by atomic mass is 9.87. The lowest BCUT2D eigenvalue weighted by Gasteiger charge is -2.19. The van der Waals surface area contributed by atoms with Crippen LogP contribution in [-0.2, 0) is 11.8 Å². The quantitative estimate of drug-likeness (QED) is 0.834. The summed E-state index contributed by atoms with van der Waals surface area (Å²) in [4.78, 5) is 0.825. The third-order valence-corrected chi connectivity index (χ3v) is 3.94. The van der Waals surface area contributed by atoms with Gasteiger partial charge in [-0.05, 0) is 23.0 Å². The molecule has 2 rings (SSSR count). The molecule has 1 nitrogen and oxygen atoms in total. The van der Waals surface area contributed by atoms with Gasteiger partial charge in [-0.2, -0.15) is 0 Å². The van der Waals surface area contributed by atoms with Crippen LogP contribution in [0.25, 0.3) is 0 Å². The van der Waals surface area contributed by atoms with E-state index in [2.05, 4.69) is 74.6 Å². The predicted octanol–water partition coefficient (Wildman–Crippen LogP) is 4.49. The van der Waals surface area contributed by atoms with Crippen molar-refractivity contribution in [3.63, 3.8) is 0 Å². The molecule has 0 unspecified atom stereocenters. The first-order valence-electron chi connectivity index (χ1n) is 7.39. The normalized spacial score (nSPS) is 11.2. The highest BCUT2D eigenvalue weighted by Crippen LogP contribution is 2.22. The van der Waals surface area contributed by atoms with E-state index in [1.54, 1.807) is 0 Å². The molecular formula is C19H23NS. The minimum absolute atomic E-state index is 0.181. The fraction of sp³-hybridized carbons (Fsp3) is 0.316. The summed E-state index contributed by atoms with van der Waals surface area (Å²) in [5.41, 5.74) is 3.93. The Morgan fingerprint density at radius 3 is 2.14 bits per heavy atom. The summed E-state index contributed by atoms with van der Waals surface area (Å²) in [6.45, 7) is 7.53. The summed E-state index contributed by atoms with van der Waals surface area (Å²) in [7, 11) is 0. The van der Waals surface area contributed by atoms with E-state index in [0.717, 1.165) is 23.5 Å². The SMILES string of the molecule is CC(C)(C)c1ccc(C(=S)NCCc2ccccc2)cc1. The molecule has 0 atom stereocenters. The smallest absolute Gasteiger partial charge is 0.106 e. The Kier molecular flexibility index (Phi) is 5.13. The fourth-order valence-corrected chi connectivity index (χ4v) is 2.43. The molecule has 0 aliphatic carbocycles. The molecule has 110 valence electrons. The predicted molar refractivity (Wildman–Crippen MR) is 95.0 cm³/mol. The second kappa shape index (κ2) is 6.86. The molecule has 0 fully saturated rings. The number of hydrogen-bond donors (Lipinski definition) is 1. The van der Waals surface area contributed by atoms with Gasteiger partial charge in [-0.25, -0.2) is 0 Å². The molecule has 0 amide bonds. The Bertz CT molecular complexity index is 579. The Hall–Kier alpha value is -1.67. The second-order valence-corrected chi connectivity index (χ2v) is 6.73. The van der Waals surface area contributed by atoms with Crippen LogP contribution in [0.2, 0.25) is 0 Å². The summed E-state index contributed by atoms with van der Waals surface area (Å²) in [5, 5.41) is 3.34. The van der Waals surface area contributed by atoms with Crippen LogP contribution in [0, 0.1) is 0 Å². The number of nitrogens with one attached hydrogen (secondary N) is 1. The molecule has 0 aromatic heterocycles. The maximum Gasteiger partial charge on any atom is 0.106 e. The van der Waals surface area contributed by atoms with Crippen molar-refractivity contribution in [1.29, 1.82) is 0 Å². The third kappa shape index (κ3) is 4.68. The summed E-state index contributed by atoms with van der Waals surface area (Å²) >= 11 is 5.46. The maximum atomic E-state index is 5.46. The van der Waals surface area contributed by atoms with Crippen LogP contribution >= 0.6 is 12.2 Å². The Morgan fingerprint density at radius 2 is 1.57 bits per heavy atom. The first-order chi connectivity index (χ1) is 9.97. The minimum Gasteiger partial charge on any atom is -0.375 e. The number of thiocarbonyl (C=S) groups is 1. The van der Waals surface area contributed by atoms with E-state index in [1.165, 1.54) is 11.1 Å². The molecule has 2 heteroatoms. The average molecular weight is 297 g/mol. The van der Waals surface area contributed by atoms with Crippen molar-refractivity contribution in [2.45, 2.75) is 32.6 Å². The van der Waals surface area contributed by atoms with Gasteiger partial charge in [0.1, 0.15) is 4.99 Å². The van der Waals surface area contributed by atoms with Gasteiger partial charge in [0.2, 0.25) is 0 Å². The zero-order valence-corrected chi connectivity index (χ0v) is 13.8. The van der Waals surface area contributed by atoms with E-state index in [4.69, 9.17) is 12.2 Å². The minimum atomic E-state index is 0.181. The molecule has 0 saturated carbocycles. The molecule has 0 bridgehead atoms. The number of benzene rings is 2. The number of hydrogen-bond acceptors (Lipinski definition) is 1. The van der Waals surface area contributed by atoms with Gasteiger partial charge in [0.15, 0.2) is 0 Å². The average Bonchev–Trinajstić information content (AvgIpc) is 2.47. The van der Waals surface area contributed by atoms with Crippen LogP contribution in [-0.4, -0.2) is 11.5 Å². The van der Waals surface area contributed by atoms with Gasteiger partial charge in [-0.1, -0.05) is 87.6 Å². The molecule has 0 aliphatic heterocycles. The first kappa shape index (κ1) is 15.7. The molecule has 21 heavy (non-hydrogen) atoms. The lowest BCUT2D eigenvalue weighted by molar-refractivity contribution is 0.590. The van der Waals surface area contributed by atoms with Crippen molar-refractivity contribution in [2.75, 3.05) is 6.54 Å². The summed E-state index contributed by atoms with van der Waals surface area (Å²) in [6.07, 6.45) is 0.987. The monoisotopic (exact) mass is 297 g/mol.